The lowest BCUT2D eigenvalue weighted by Gasteiger charge is -2.06. The monoisotopic (exact) mass is 205 g/mol. The van der Waals surface area contributed by atoms with Gasteiger partial charge in [0.05, 0.1) is 0 Å². The molecule has 0 aromatic carbocycles. The predicted molar refractivity (Wildman–Crippen MR) is 34.3 cm³/mol. The SMILES string of the molecule is C=CCNOS(=O)(=O)C(F)(F)F. The van der Waals surface area contributed by atoms with Crippen LogP contribution in [0.4, 0.5) is 13.2 Å². The van der Waals surface area contributed by atoms with E-state index in [1.54, 1.807) is 5.48 Å². The molecule has 0 saturated carbocycles. The Kier molecular flexibility index (Phi) is 3.68. The lowest BCUT2D eigenvalue weighted by molar-refractivity contribution is -0.0579. The van der Waals surface area contributed by atoms with Crippen LogP contribution in [0.15, 0.2) is 12.7 Å². The van der Waals surface area contributed by atoms with Crippen molar-refractivity contribution in [3.05, 3.63) is 12.7 Å². The van der Waals surface area contributed by atoms with Gasteiger partial charge in [-0.15, -0.1) is 6.58 Å². The molecule has 8 heteroatoms. The molecule has 0 bridgehead atoms. The van der Waals surface area contributed by atoms with Crippen molar-refractivity contribution in [2.45, 2.75) is 5.51 Å². The van der Waals surface area contributed by atoms with Gasteiger partial charge in [-0.3, -0.25) is 0 Å². The van der Waals surface area contributed by atoms with E-state index in [4.69, 9.17) is 0 Å². The van der Waals surface area contributed by atoms with E-state index in [1.165, 1.54) is 0 Å². The van der Waals surface area contributed by atoms with Gasteiger partial charge < -0.3 is 0 Å². The molecule has 0 fully saturated rings. The first-order chi connectivity index (χ1) is 5.31. The Morgan fingerprint density at radius 2 is 2.00 bits per heavy atom. The van der Waals surface area contributed by atoms with Crippen molar-refractivity contribution in [2.75, 3.05) is 6.54 Å². The fourth-order valence-corrected chi connectivity index (χ4v) is 0.535. The zero-order valence-corrected chi connectivity index (χ0v) is 6.57. The van der Waals surface area contributed by atoms with Crippen LogP contribution in [0.2, 0.25) is 0 Å². The molecule has 4 nitrogen and oxygen atoms in total. The molecular formula is C4H6F3NO3S. The van der Waals surface area contributed by atoms with Crippen LogP contribution in [0.3, 0.4) is 0 Å². The van der Waals surface area contributed by atoms with Crippen molar-refractivity contribution < 1.29 is 25.9 Å². The Bertz CT molecular complexity index is 245. The van der Waals surface area contributed by atoms with Crippen molar-refractivity contribution in [2.24, 2.45) is 0 Å². The molecule has 0 spiro atoms. The summed E-state index contributed by atoms with van der Waals surface area (Å²) >= 11 is 0. The van der Waals surface area contributed by atoms with Crippen LogP contribution in [0.5, 0.6) is 0 Å². The Morgan fingerprint density at radius 1 is 1.50 bits per heavy atom. The molecule has 0 rings (SSSR count). The highest BCUT2D eigenvalue weighted by Crippen LogP contribution is 2.23. The van der Waals surface area contributed by atoms with Gasteiger partial charge in [-0.2, -0.15) is 31.4 Å². The van der Waals surface area contributed by atoms with Gasteiger partial charge in [0.15, 0.2) is 0 Å². The maximum atomic E-state index is 11.5. The third kappa shape index (κ3) is 3.20. The summed E-state index contributed by atoms with van der Waals surface area (Å²) in [7, 11) is -5.53. The van der Waals surface area contributed by atoms with Crippen molar-refractivity contribution in [3.63, 3.8) is 0 Å². The molecule has 0 aliphatic rings. The Morgan fingerprint density at radius 3 is 2.33 bits per heavy atom. The maximum absolute atomic E-state index is 11.5. The van der Waals surface area contributed by atoms with Crippen molar-refractivity contribution in [3.8, 4) is 0 Å². The first kappa shape index (κ1) is 11.4. The summed E-state index contributed by atoms with van der Waals surface area (Å²) in [6.07, 6.45) is 1.14. The number of rotatable bonds is 4. The van der Waals surface area contributed by atoms with E-state index < -0.39 is 15.6 Å². The van der Waals surface area contributed by atoms with Crippen molar-refractivity contribution >= 4 is 10.1 Å². The topological polar surface area (TPSA) is 55.4 Å². The van der Waals surface area contributed by atoms with E-state index in [0.29, 0.717) is 0 Å². The smallest absolute Gasteiger partial charge is 0.188 e. The van der Waals surface area contributed by atoms with E-state index >= 15 is 0 Å². The van der Waals surface area contributed by atoms with Crippen LogP contribution in [0.1, 0.15) is 0 Å². The van der Waals surface area contributed by atoms with E-state index in [0.717, 1.165) is 6.08 Å². The van der Waals surface area contributed by atoms with E-state index in [-0.39, 0.29) is 6.54 Å². The average Bonchev–Trinajstić information content (AvgIpc) is 1.85. The summed E-state index contributed by atoms with van der Waals surface area (Å²) in [5.41, 5.74) is -3.85. The average molecular weight is 205 g/mol. The molecule has 0 heterocycles. The minimum absolute atomic E-state index is 0.199. The number of halogens is 3. The number of alkyl halides is 3. The second-order valence-corrected chi connectivity index (χ2v) is 3.16. The van der Waals surface area contributed by atoms with Gasteiger partial charge in [0.25, 0.3) is 0 Å². The Balaban J connectivity index is 4.16. The highest BCUT2D eigenvalue weighted by atomic mass is 32.2. The maximum Gasteiger partial charge on any atom is 0.524 e. The van der Waals surface area contributed by atoms with Crippen molar-refractivity contribution in [1.29, 1.82) is 0 Å². The van der Waals surface area contributed by atoms with Gasteiger partial charge in [0.1, 0.15) is 0 Å². The van der Waals surface area contributed by atoms with Crippen molar-refractivity contribution in [1.82, 2.24) is 5.48 Å². The molecule has 0 aliphatic heterocycles. The van der Waals surface area contributed by atoms with Gasteiger partial charge in [0, 0.05) is 6.54 Å². The lowest BCUT2D eigenvalue weighted by Crippen LogP contribution is -2.31. The summed E-state index contributed by atoms with van der Waals surface area (Å²) in [5.74, 6) is 0. The van der Waals surface area contributed by atoms with Crippen LogP contribution in [0, 0.1) is 0 Å². The zero-order chi connectivity index (χ0) is 9.83. The van der Waals surface area contributed by atoms with Crippen LogP contribution in [0.25, 0.3) is 0 Å². The molecule has 72 valence electrons. The van der Waals surface area contributed by atoms with Gasteiger partial charge >= 0.3 is 15.6 Å². The van der Waals surface area contributed by atoms with Gasteiger partial charge in [-0.25, -0.2) is 0 Å². The predicted octanol–water partition coefficient (Wildman–Crippen LogP) is 0.543. The fraction of sp³-hybridized carbons (Fsp3) is 0.500. The third-order valence-corrected chi connectivity index (χ3v) is 1.58. The van der Waals surface area contributed by atoms with Crippen LogP contribution < -0.4 is 5.48 Å². The molecule has 0 saturated heterocycles. The molecule has 1 N–H and O–H groups in total. The number of nitrogens with one attached hydrogen (secondary N) is 1. The summed E-state index contributed by atoms with van der Waals surface area (Å²) < 4.78 is 58.0. The second-order valence-electron chi connectivity index (χ2n) is 1.62. The first-order valence-electron chi connectivity index (χ1n) is 2.65. The number of hydroxylamine groups is 1. The van der Waals surface area contributed by atoms with Gasteiger partial charge in [0.2, 0.25) is 0 Å². The Labute approximate surface area is 67.1 Å². The lowest BCUT2D eigenvalue weighted by atomic mass is 10.7. The summed E-state index contributed by atoms with van der Waals surface area (Å²) in [4.78, 5) is 0. The minimum Gasteiger partial charge on any atom is -0.188 e. The quantitative estimate of drug-likeness (QED) is 0.315. The van der Waals surface area contributed by atoms with E-state index in [9.17, 15) is 21.6 Å². The first-order valence-corrected chi connectivity index (χ1v) is 4.05. The minimum atomic E-state index is -5.53. The molecule has 0 aromatic heterocycles. The molecule has 0 aliphatic carbocycles. The molecule has 0 radical (unpaired) electrons. The van der Waals surface area contributed by atoms with Crippen LogP contribution >= 0.6 is 0 Å². The van der Waals surface area contributed by atoms with Crippen LogP contribution in [-0.2, 0) is 14.4 Å². The number of hydrogen-bond acceptors (Lipinski definition) is 4. The van der Waals surface area contributed by atoms with Gasteiger partial charge in [-0.1, -0.05) is 6.08 Å². The molecule has 0 atom stereocenters. The number of hydrogen-bond donors (Lipinski definition) is 1. The standard InChI is InChI=1S/C4H6F3NO3S/c1-2-3-8-11-12(9,10)4(5,6)7/h2,8H,1,3H2. The second kappa shape index (κ2) is 3.87. The molecule has 0 aromatic rings. The van der Waals surface area contributed by atoms with E-state index in [2.05, 4.69) is 10.9 Å². The summed E-state index contributed by atoms with van der Waals surface area (Å²) in [6.45, 7) is 2.92. The molecule has 12 heavy (non-hydrogen) atoms. The third-order valence-electron chi connectivity index (χ3n) is 0.680. The van der Waals surface area contributed by atoms with Gasteiger partial charge in [-0.05, 0) is 0 Å². The Hall–Kier alpha value is -0.600. The highest BCUT2D eigenvalue weighted by Gasteiger charge is 2.47. The summed E-state index contributed by atoms with van der Waals surface area (Å²) in [5, 5.41) is 0. The fourth-order valence-electron chi connectivity index (χ4n) is 0.218. The molecule has 0 unspecified atom stereocenters. The normalized spacial score (nSPS) is 12.9. The van der Waals surface area contributed by atoms with E-state index in [1.807, 2.05) is 0 Å². The van der Waals surface area contributed by atoms with Crippen LogP contribution in [-0.4, -0.2) is 20.5 Å². The largest absolute Gasteiger partial charge is 0.524 e. The highest BCUT2D eigenvalue weighted by molar-refractivity contribution is 7.87. The molecular weight excluding hydrogens is 199 g/mol. The molecule has 0 amide bonds. The summed E-state index contributed by atoms with van der Waals surface area (Å²) in [6, 6.07) is 0. The zero-order valence-electron chi connectivity index (χ0n) is 5.76.